The van der Waals surface area contributed by atoms with Crippen LogP contribution in [0.3, 0.4) is 0 Å². The summed E-state index contributed by atoms with van der Waals surface area (Å²) in [5.41, 5.74) is 0.347. The van der Waals surface area contributed by atoms with Crippen molar-refractivity contribution in [2.75, 3.05) is 7.11 Å². The molecule has 0 unspecified atom stereocenters. The Morgan fingerprint density at radius 3 is 2.47 bits per heavy atom. The molecule has 0 fully saturated rings. The zero-order valence-corrected chi connectivity index (χ0v) is 9.39. The molecule has 0 N–H and O–H groups in total. The van der Waals surface area contributed by atoms with Crippen molar-refractivity contribution in [3.8, 4) is 11.8 Å². The molecule has 1 aromatic rings. The van der Waals surface area contributed by atoms with Gasteiger partial charge in [-0.2, -0.15) is 5.26 Å². The van der Waals surface area contributed by atoms with Gasteiger partial charge in [-0.3, -0.25) is 0 Å². The second kappa shape index (κ2) is 3.90. The number of halogens is 1. The zero-order chi connectivity index (χ0) is 11.6. The van der Waals surface area contributed by atoms with Gasteiger partial charge in [-0.1, -0.05) is 0 Å². The minimum atomic E-state index is -0.750. The average Bonchev–Trinajstić information content (AvgIpc) is 2.21. The minimum Gasteiger partial charge on any atom is -0.496 e. The van der Waals surface area contributed by atoms with E-state index in [-0.39, 0.29) is 5.82 Å². The number of hydrogen-bond acceptors (Lipinski definition) is 2. The molecule has 0 saturated carbocycles. The van der Waals surface area contributed by atoms with Crippen molar-refractivity contribution >= 4 is 0 Å². The number of ether oxygens (including phenoxy) is 1. The molecule has 2 nitrogen and oxygen atoms in total. The van der Waals surface area contributed by atoms with Crippen LogP contribution < -0.4 is 4.74 Å². The molecule has 0 saturated heterocycles. The molecule has 1 rings (SSSR count). The molecule has 1 aromatic carbocycles. The fourth-order valence-electron chi connectivity index (χ4n) is 1.37. The summed E-state index contributed by atoms with van der Waals surface area (Å²) in [6.07, 6.45) is 0. The predicted octanol–water partition coefficient (Wildman–Crippen LogP) is 2.94. The highest BCUT2D eigenvalue weighted by Gasteiger charge is 2.25. The van der Waals surface area contributed by atoms with Gasteiger partial charge in [0.2, 0.25) is 0 Å². The van der Waals surface area contributed by atoms with Crippen molar-refractivity contribution in [2.45, 2.75) is 26.2 Å². The maximum atomic E-state index is 13.4. The number of aryl methyl sites for hydroxylation is 1. The van der Waals surface area contributed by atoms with Gasteiger partial charge in [0.25, 0.3) is 0 Å². The quantitative estimate of drug-likeness (QED) is 0.747. The first-order valence-corrected chi connectivity index (χ1v) is 4.68. The molecule has 0 aliphatic heterocycles. The number of methoxy groups -OCH3 is 1. The lowest BCUT2D eigenvalue weighted by Gasteiger charge is -2.19. The molecule has 0 atom stereocenters. The van der Waals surface area contributed by atoms with Crippen LogP contribution in [0, 0.1) is 24.1 Å². The SMILES string of the molecule is COc1cc(C)c(F)cc1C(C)(C)C#N. The van der Waals surface area contributed by atoms with E-state index in [1.807, 2.05) is 0 Å². The molecule has 0 heterocycles. The van der Waals surface area contributed by atoms with Crippen LogP contribution in [0.5, 0.6) is 5.75 Å². The lowest BCUT2D eigenvalue weighted by Crippen LogP contribution is -2.16. The van der Waals surface area contributed by atoms with Gasteiger partial charge in [-0.25, -0.2) is 4.39 Å². The fraction of sp³-hybridized carbons (Fsp3) is 0.417. The molecule has 0 aliphatic carbocycles. The van der Waals surface area contributed by atoms with Gasteiger partial charge in [-0.05, 0) is 38.5 Å². The van der Waals surface area contributed by atoms with Crippen LogP contribution in [-0.2, 0) is 5.41 Å². The van der Waals surface area contributed by atoms with Crippen molar-refractivity contribution < 1.29 is 9.13 Å². The van der Waals surface area contributed by atoms with E-state index in [0.29, 0.717) is 16.9 Å². The summed E-state index contributed by atoms with van der Waals surface area (Å²) >= 11 is 0. The predicted molar refractivity (Wildman–Crippen MR) is 56.3 cm³/mol. The monoisotopic (exact) mass is 207 g/mol. The molecule has 0 aliphatic rings. The second-order valence-electron chi connectivity index (χ2n) is 4.04. The normalized spacial score (nSPS) is 10.9. The number of benzene rings is 1. The van der Waals surface area contributed by atoms with Crippen LogP contribution >= 0.6 is 0 Å². The summed E-state index contributed by atoms with van der Waals surface area (Å²) in [6.45, 7) is 5.14. The Morgan fingerprint density at radius 2 is 2.00 bits per heavy atom. The number of rotatable bonds is 2. The molecule has 0 aromatic heterocycles. The summed E-state index contributed by atoms with van der Waals surface area (Å²) < 4.78 is 18.5. The molecule has 0 radical (unpaired) electrons. The molecule has 0 amide bonds. The highest BCUT2D eigenvalue weighted by atomic mass is 19.1. The highest BCUT2D eigenvalue weighted by molar-refractivity contribution is 5.45. The van der Waals surface area contributed by atoms with E-state index >= 15 is 0 Å². The van der Waals surface area contributed by atoms with E-state index in [2.05, 4.69) is 6.07 Å². The lowest BCUT2D eigenvalue weighted by molar-refractivity contribution is 0.400. The second-order valence-corrected chi connectivity index (χ2v) is 4.04. The zero-order valence-electron chi connectivity index (χ0n) is 9.39. The van der Waals surface area contributed by atoms with Crippen LogP contribution in [0.1, 0.15) is 25.0 Å². The number of hydrogen-bond donors (Lipinski definition) is 0. The van der Waals surface area contributed by atoms with Gasteiger partial charge in [0.05, 0.1) is 18.6 Å². The summed E-state index contributed by atoms with van der Waals surface area (Å²) in [5, 5.41) is 9.00. The van der Waals surface area contributed by atoms with Crippen LogP contribution in [0.15, 0.2) is 12.1 Å². The Hall–Kier alpha value is -1.56. The van der Waals surface area contributed by atoms with Gasteiger partial charge >= 0.3 is 0 Å². The van der Waals surface area contributed by atoms with Gasteiger partial charge in [-0.15, -0.1) is 0 Å². The van der Waals surface area contributed by atoms with E-state index in [9.17, 15) is 4.39 Å². The maximum absolute atomic E-state index is 13.4. The van der Waals surface area contributed by atoms with E-state index in [4.69, 9.17) is 10.00 Å². The Bertz CT molecular complexity index is 418. The first-order chi connectivity index (χ1) is 6.92. The van der Waals surface area contributed by atoms with E-state index in [1.165, 1.54) is 13.2 Å². The van der Waals surface area contributed by atoms with Gasteiger partial charge in [0.15, 0.2) is 0 Å². The Balaban J connectivity index is 3.42. The summed E-state index contributed by atoms with van der Waals surface area (Å²) in [5.74, 6) is 0.245. The van der Waals surface area contributed by atoms with Crippen molar-refractivity contribution in [1.29, 1.82) is 5.26 Å². The molecular weight excluding hydrogens is 193 g/mol. The van der Waals surface area contributed by atoms with Crippen molar-refractivity contribution in [3.63, 3.8) is 0 Å². The van der Waals surface area contributed by atoms with Crippen molar-refractivity contribution in [1.82, 2.24) is 0 Å². The van der Waals surface area contributed by atoms with Crippen LogP contribution in [0.4, 0.5) is 4.39 Å². The molecule has 80 valence electrons. The van der Waals surface area contributed by atoms with Gasteiger partial charge in [0.1, 0.15) is 11.6 Å². The Morgan fingerprint density at radius 1 is 1.40 bits per heavy atom. The third-order valence-electron chi connectivity index (χ3n) is 2.43. The topological polar surface area (TPSA) is 33.0 Å². The van der Waals surface area contributed by atoms with E-state index in [0.717, 1.165) is 0 Å². The van der Waals surface area contributed by atoms with Crippen LogP contribution in [-0.4, -0.2) is 7.11 Å². The summed E-state index contributed by atoms with van der Waals surface area (Å²) in [6, 6.07) is 5.12. The van der Waals surface area contributed by atoms with E-state index in [1.54, 1.807) is 26.8 Å². The third kappa shape index (κ3) is 2.10. The maximum Gasteiger partial charge on any atom is 0.126 e. The molecule has 0 bridgehead atoms. The highest BCUT2D eigenvalue weighted by Crippen LogP contribution is 2.32. The summed E-state index contributed by atoms with van der Waals surface area (Å²) in [4.78, 5) is 0. The Labute approximate surface area is 89.3 Å². The largest absolute Gasteiger partial charge is 0.496 e. The van der Waals surface area contributed by atoms with E-state index < -0.39 is 5.41 Å². The van der Waals surface area contributed by atoms with Gasteiger partial charge < -0.3 is 4.74 Å². The fourth-order valence-corrected chi connectivity index (χ4v) is 1.37. The summed E-state index contributed by atoms with van der Waals surface area (Å²) in [7, 11) is 1.52. The standard InChI is InChI=1S/C12H14FNO/c1-8-5-11(15-4)9(6-10(8)13)12(2,3)7-14/h5-6H,1-4H3. The molecule has 15 heavy (non-hydrogen) atoms. The average molecular weight is 207 g/mol. The first kappa shape index (κ1) is 11.5. The third-order valence-corrected chi connectivity index (χ3v) is 2.43. The smallest absolute Gasteiger partial charge is 0.126 e. The first-order valence-electron chi connectivity index (χ1n) is 4.68. The van der Waals surface area contributed by atoms with Crippen LogP contribution in [0.25, 0.3) is 0 Å². The lowest BCUT2D eigenvalue weighted by atomic mass is 9.85. The molecule has 3 heteroatoms. The number of nitrogens with zero attached hydrogens (tertiary/aromatic N) is 1. The van der Waals surface area contributed by atoms with Crippen LogP contribution in [0.2, 0.25) is 0 Å². The molecule has 0 spiro atoms. The molecular formula is C12H14FNO. The van der Waals surface area contributed by atoms with Crippen molar-refractivity contribution in [3.05, 3.63) is 29.1 Å². The van der Waals surface area contributed by atoms with Gasteiger partial charge in [0, 0.05) is 5.56 Å². The number of nitriles is 1. The Kier molecular flexibility index (Phi) is 2.99. The van der Waals surface area contributed by atoms with Crippen molar-refractivity contribution in [2.24, 2.45) is 0 Å². The minimum absolute atomic E-state index is 0.311.